The molecule has 0 aromatic carbocycles. The summed E-state index contributed by atoms with van der Waals surface area (Å²) in [5.74, 6) is -0.227. The monoisotopic (exact) mass is 346 g/mol. The Bertz CT molecular complexity index is 753. The molecule has 9 heteroatoms. The highest BCUT2D eigenvalue weighted by Gasteiger charge is 2.31. The second kappa shape index (κ2) is 7.47. The van der Waals surface area contributed by atoms with Crippen LogP contribution in [0.4, 0.5) is 0 Å². The minimum Gasteiger partial charge on any atom is -0.383 e. The van der Waals surface area contributed by atoms with Gasteiger partial charge in [-0.1, -0.05) is 0 Å². The quantitative estimate of drug-likeness (QED) is 0.798. The van der Waals surface area contributed by atoms with Gasteiger partial charge in [0.2, 0.25) is 5.91 Å². The van der Waals surface area contributed by atoms with Crippen molar-refractivity contribution in [3.8, 4) is 0 Å². The Morgan fingerprint density at radius 3 is 3.00 bits per heavy atom. The molecule has 0 radical (unpaired) electrons. The lowest BCUT2D eigenvalue weighted by Crippen LogP contribution is -2.42. The van der Waals surface area contributed by atoms with E-state index in [1.165, 1.54) is 0 Å². The van der Waals surface area contributed by atoms with E-state index >= 15 is 0 Å². The van der Waals surface area contributed by atoms with Gasteiger partial charge in [-0.3, -0.25) is 19.0 Å². The second-order valence-corrected chi connectivity index (χ2v) is 5.94. The molecule has 3 rings (SSSR count). The number of rotatable bonds is 6. The molecule has 0 bridgehead atoms. The molecule has 134 valence electrons. The molecule has 2 aromatic heterocycles. The minimum absolute atomic E-state index is 0.0791. The molecule has 0 aliphatic carbocycles. The standard InChI is InChI=1S/C16H22N6O3/c1-17-15(23)9-13-11-20(10-12-3-5-18-22(12)13)16(24)14-4-6-21(19-14)7-8-25-2/h3-6,13H,7-11H2,1-2H3,(H,17,23). The minimum atomic E-state index is -0.182. The molecule has 3 heterocycles. The van der Waals surface area contributed by atoms with E-state index in [9.17, 15) is 9.59 Å². The first-order valence-electron chi connectivity index (χ1n) is 8.17. The molecule has 2 amide bonds. The van der Waals surface area contributed by atoms with Crippen LogP contribution in [0, 0.1) is 0 Å². The fraction of sp³-hybridized carbons (Fsp3) is 0.500. The van der Waals surface area contributed by atoms with E-state index in [1.54, 1.807) is 42.2 Å². The van der Waals surface area contributed by atoms with Gasteiger partial charge in [0.15, 0.2) is 0 Å². The summed E-state index contributed by atoms with van der Waals surface area (Å²) in [6.45, 7) is 2.00. The van der Waals surface area contributed by atoms with E-state index in [1.807, 2.05) is 10.7 Å². The zero-order valence-corrected chi connectivity index (χ0v) is 14.4. The zero-order chi connectivity index (χ0) is 17.8. The average Bonchev–Trinajstić information content (AvgIpc) is 3.28. The van der Waals surface area contributed by atoms with E-state index in [-0.39, 0.29) is 24.3 Å². The van der Waals surface area contributed by atoms with Crippen molar-refractivity contribution >= 4 is 11.8 Å². The van der Waals surface area contributed by atoms with Crippen LogP contribution < -0.4 is 5.32 Å². The van der Waals surface area contributed by atoms with E-state index in [0.29, 0.717) is 31.9 Å². The lowest BCUT2D eigenvalue weighted by molar-refractivity contribution is -0.121. The molecular formula is C16H22N6O3. The number of hydrogen-bond acceptors (Lipinski definition) is 5. The van der Waals surface area contributed by atoms with Crippen molar-refractivity contribution in [2.24, 2.45) is 0 Å². The molecule has 0 spiro atoms. The van der Waals surface area contributed by atoms with Crippen molar-refractivity contribution in [3.63, 3.8) is 0 Å². The number of fused-ring (bicyclic) bond motifs is 1. The third kappa shape index (κ3) is 3.71. The molecule has 2 aromatic rings. The number of nitrogens with zero attached hydrogens (tertiary/aromatic N) is 5. The van der Waals surface area contributed by atoms with Crippen molar-refractivity contribution in [2.75, 3.05) is 27.3 Å². The van der Waals surface area contributed by atoms with Crippen molar-refractivity contribution in [2.45, 2.75) is 25.6 Å². The summed E-state index contributed by atoms with van der Waals surface area (Å²) in [5.41, 5.74) is 1.30. The smallest absolute Gasteiger partial charge is 0.274 e. The molecule has 1 unspecified atom stereocenters. The van der Waals surface area contributed by atoms with Crippen molar-refractivity contribution < 1.29 is 14.3 Å². The Morgan fingerprint density at radius 2 is 2.24 bits per heavy atom. The van der Waals surface area contributed by atoms with Crippen molar-refractivity contribution in [1.29, 1.82) is 0 Å². The lowest BCUT2D eigenvalue weighted by atomic mass is 10.1. The van der Waals surface area contributed by atoms with Gasteiger partial charge in [0.1, 0.15) is 5.69 Å². The number of aromatic nitrogens is 4. The van der Waals surface area contributed by atoms with Gasteiger partial charge in [-0.05, 0) is 12.1 Å². The Morgan fingerprint density at radius 1 is 1.40 bits per heavy atom. The number of amides is 2. The summed E-state index contributed by atoms with van der Waals surface area (Å²) in [6, 6.07) is 3.39. The fourth-order valence-corrected chi connectivity index (χ4v) is 2.96. The summed E-state index contributed by atoms with van der Waals surface area (Å²) in [6.07, 6.45) is 3.74. The van der Waals surface area contributed by atoms with Crippen LogP contribution in [0.3, 0.4) is 0 Å². The number of carbonyl (C=O) groups is 2. The summed E-state index contributed by atoms with van der Waals surface area (Å²) in [7, 11) is 3.23. The van der Waals surface area contributed by atoms with Crippen molar-refractivity contribution in [3.05, 3.63) is 35.9 Å². The van der Waals surface area contributed by atoms with Gasteiger partial charge < -0.3 is 15.0 Å². The first-order valence-corrected chi connectivity index (χ1v) is 8.17. The predicted molar refractivity (Wildman–Crippen MR) is 88.8 cm³/mol. The molecule has 0 fully saturated rings. The molecule has 1 aliphatic heterocycles. The average molecular weight is 346 g/mol. The van der Waals surface area contributed by atoms with Crippen LogP contribution in [-0.2, 0) is 22.6 Å². The first-order chi connectivity index (χ1) is 12.1. The van der Waals surface area contributed by atoms with E-state index in [4.69, 9.17) is 4.74 Å². The van der Waals surface area contributed by atoms with Crippen LogP contribution in [0.5, 0.6) is 0 Å². The van der Waals surface area contributed by atoms with E-state index in [2.05, 4.69) is 15.5 Å². The van der Waals surface area contributed by atoms with Gasteiger partial charge in [0, 0.05) is 33.1 Å². The number of carbonyl (C=O) groups excluding carboxylic acids is 2. The maximum absolute atomic E-state index is 12.8. The lowest BCUT2D eigenvalue weighted by Gasteiger charge is -2.33. The summed E-state index contributed by atoms with van der Waals surface area (Å²) < 4.78 is 8.54. The summed E-state index contributed by atoms with van der Waals surface area (Å²) in [4.78, 5) is 26.3. The highest BCUT2D eigenvalue weighted by molar-refractivity contribution is 5.92. The van der Waals surface area contributed by atoms with Gasteiger partial charge in [0.25, 0.3) is 5.91 Å². The third-order valence-corrected chi connectivity index (χ3v) is 4.25. The summed E-state index contributed by atoms with van der Waals surface area (Å²) in [5, 5.41) is 11.2. The van der Waals surface area contributed by atoms with Crippen LogP contribution in [0.1, 0.15) is 28.6 Å². The summed E-state index contributed by atoms with van der Waals surface area (Å²) >= 11 is 0. The maximum Gasteiger partial charge on any atom is 0.274 e. The molecular weight excluding hydrogens is 324 g/mol. The SMILES string of the molecule is CNC(=O)CC1CN(C(=O)c2ccn(CCOC)n2)Cc2ccnn21. The number of hydrogen-bond donors (Lipinski definition) is 1. The third-order valence-electron chi connectivity index (χ3n) is 4.25. The fourth-order valence-electron chi connectivity index (χ4n) is 2.96. The number of nitrogens with one attached hydrogen (secondary N) is 1. The normalized spacial score (nSPS) is 16.6. The molecule has 0 saturated carbocycles. The Hall–Kier alpha value is -2.68. The van der Waals surface area contributed by atoms with Crippen LogP contribution in [-0.4, -0.2) is 63.6 Å². The van der Waals surface area contributed by atoms with E-state index in [0.717, 1.165) is 5.69 Å². The largest absolute Gasteiger partial charge is 0.383 e. The second-order valence-electron chi connectivity index (χ2n) is 5.94. The van der Waals surface area contributed by atoms with Gasteiger partial charge in [0.05, 0.1) is 37.9 Å². The molecule has 25 heavy (non-hydrogen) atoms. The Labute approximate surface area is 145 Å². The maximum atomic E-state index is 12.8. The van der Waals surface area contributed by atoms with Gasteiger partial charge in [-0.15, -0.1) is 0 Å². The number of ether oxygens (including phenoxy) is 1. The molecule has 1 atom stereocenters. The molecule has 0 saturated heterocycles. The molecule has 1 aliphatic rings. The van der Waals surface area contributed by atoms with E-state index < -0.39 is 0 Å². The van der Waals surface area contributed by atoms with Gasteiger partial charge in [-0.25, -0.2) is 0 Å². The highest BCUT2D eigenvalue weighted by atomic mass is 16.5. The predicted octanol–water partition coefficient (Wildman–Crippen LogP) is 0.0592. The number of methoxy groups -OCH3 is 1. The highest BCUT2D eigenvalue weighted by Crippen LogP contribution is 2.24. The van der Waals surface area contributed by atoms with Gasteiger partial charge in [-0.2, -0.15) is 10.2 Å². The van der Waals surface area contributed by atoms with Crippen LogP contribution in [0.2, 0.25) is 0 Å². The first kappa shape index (κ1) is 17.2. The Balaban J connectivity index is 1.75. The van der Waals surface area contributed by atoms with Crippen LogP contribution >= 0.6 is 0 Å². The van der Waals surface area contributed by atoms with Gasteiger partial charge >= 0.3 is 0 Å². The Kier molecular flexibility index (Phi) is 5.13. The zero-order valence-electron chi connectivity index (χ0n) is 14.4. The van der Waals surface area contributed by atoms with Crippen molar-refractivity contribution in [1.82, 2.24) is 29.8 Å². The topological polar surface area (TPSA) is 94.3 Å². The van der Waals surface area contributed by atoms with Crippen LogP contribution in [0.15, 0.2) is 24.5 Å². The molecule has 9 nitrogen and oxygen atoms in total. The van der Waals surface area contributed by atoms with Crippen LogP contribution in [0.25, 0.3) is 0 Å². The molecule has 1 N–H and O–H groups in total.